The maximum Gasteiger partial charge on any atom is 0.0621 e. The Balaban J connectivity index is 1.83. The molecule has 15 heavy (non-hydrogen) atoms. The zero-order valence-electron chi connectivity index (χ0n) is 9.69. The predicted octanol–water partition coefficient (Wildman–Crippen LogP) is 0.786. The van der Waals surface area contributed by atoms with E-state index in [1.54, 1.807) is 0 Å². The first kappa shape index (κ1) is 11.7. The van der Waals surface area contributed by atoms with Crippen molar-refractivity contribution >= 4 is 11.8 Å². The second-order valence-electron chi connectivity index (χ2n) is 4.94. The van der Waals surface area contributed by atoms with E-state index in [1.807, 2.05) is 0 Å². The molecular weight excluding hydrogens is 208 g/mol. The monoisotopic (exact) mass is 230 g/mol. The molecule has 2 aliphatic rings. The summed E-state index contributed by atoms with van der Waals surface area (Å²) in [6.45, 7) is 9.77. The van der Waals surface area contributed by atoms with Gasteiger partial charge in [0, 0.05) is 42.1 Å². The van der Waals surface area contributed by atoms with E-state index in [1.165, 1.54) is 13.1 Å². The molecular formula is C11H22N2OS. The van der Waals surface area contributed by atoms with Crippen LogP contribution in [0.3, 0.4) is 0 Å². The van der Waals surface area contributed by atoms with E-state index in [0.29, 0.717) is 5.92 Å². The molecule has 0 spiro atoms. The predicted molar refractivity (Wildman–Crippen MR) is 65.2 cm³/mol. The van der Waals surface area contributed by atoms with Crippen molar-refractivity contribution in [3.8, 4) is 0 Å². The summed E-state index contributed by atoms with van der Waals surface area (Å²) >= 11 is 2.10. The first-order chi connectivity index (χ1) is 7.15. The average molecular weight is 230 g/mol. The van der Waals surface area contributed by atoms with Crippen LogP contribution in [0.4, 0.5) is 0 Å². The maximum absolute atomic E-state index is 6.01. The van der Waals surface area contributed by atoms with Crippen LogP contribution in [0.15, 0.2) is 0 Å². The molecule has 4 atom stereocenters. The lowest BCUT2D eigenvalue weighted by Crippen LogP contribution is -2.45. The highest BCUT2D eigenvalue weighted by Gasteiger charge is 2.29. The van der Waals surface area contributed by atoms with Gasteiger partial charge in [0.2, 0.25) is 0 Å². The number of hydrogen-bond acceptors (Lipinski definition) is 4. The molecule has 4 heteroatoms. The summed E-state index contributed by atoms with van der Waals surface area (Å²) in [5.74, 6) is 0.549. The van der Waals surface area contributed by atoms with Crippen LogP contribution in [0.1, 0.15) is 13.8 Å². The van der Waals surface area contributed by atoms with Crippen molar-refractivity contribution < 1.29 is 4.74 Å². The van der Waals surface area contributed by atoms with Crippen LogP contribution >= 0.6 is 11.8 Å². The molecule has 2 rings (SSSR count). The molecule has 0 saturated carbocycles. The van der Waals surface area contributed by atoms with Crippen molar-refractivity contribution in [3.05, 3.63) is 0 Å². The van der Waals surface area contributed by atoms with Crippen LogP contribution in [0.2, 0.25) is 0 Å². The molecule has 0 radical (unpaired) electrons. The first-order valence-corrected chi connectivity index (χ1v) is 6.80. The Kier molecular flexibility index (Phi) is 3.93. The van der Waals surface area contributed by atoms with E-state index >= 15 is 0 Å². The highest BCUT2D eigenvalue weighted by Crippen LogP contribution is 2.26. The molecule has 0 aromatic heterocycles. The quantitative estimate of drug-likeness (QED) is 0.761. The number of nitrogens with two attached hydrogens (primary N) is 1. The van der Waals surface area contributed by atoms with Crippen LogP contribution in [0, 0.1) is 5.92 Å². The highest BCUT2D eigenvalue weighted by atomic mass is 32.2. The summed E-state index contributed by atoms with van der Waals surface area (Å²) in [7, 11) is 0. The lowest BCUT2D eigenvalue weighted by atomic mass is 10.0. The van der Waals surface area contributed by atoms with Crippen LogP contribution in [-0.4, -0.2) is 54.3 Å². The standard InChI is InChI=1S/C11H22N2OS/c1-8-3-13(4-9(2)15-8)5-10-6-14-7-11(10)12/h8-11H,3-7,12H2,1-2H3. The second-order valence-corrected chi connectivity index (χ2v) is 6.82. The fourth-order valence-electron chi connectivity index (χ4n) is 2.57. The number of rotatable bonds is 2. The van der Waals surface area contributed by atoms with E-state index in [0.717, 1.165) is 30.3 Å². The summed E-state index contributed by atoms with van der Waals surface area (Å²) in [4.78, 5) is 2.56. The smallest absolute Gasteiger partial charge is 0.0621 e. The molecule has 0 aliphatic carbocycles. The lowest BCUT2D eigenvalue weighted by molar-refractivity contribution is 0.166. The minimum Gasteiger partial charge on any atom is -0.379 e. The van der Waals surface area contributed by atoms with Gasteiger partial charge in [-0.15, -0.1) is 0 Å². The van der Waals surface area contributed by atoms with Gasteiger partial charge in [-0.2, -0.15) is 11.8 Å². The van der Waals surface area contributed by atoms with Crippen molar-refractivity contribution in [2.24, 2.45) is 11.7 Å². The van der Waals surface area contributed by atoms with Crippen LogP contribution in [0.25, 0.3) is 0 Å². The van der Waals surface area contributed by atoms with Crippen molar-refractivity contribution in [3.63, 3.8) is 0 Å². The third-order valence-electron chi connectivity index (χ3n) is 3.24. The molecule has 2 heterocycles. The molecule has 2 aliphatic heterocycles. The molecule has 2 N–H and O–H groups in total. The molecule has 0 aromatic rings. The fraction of sp³-hybridized carbons (Fsp3) is 1.00. The van der Waals surface area contributed by atoms with Crippen LogP contribution in [0.5, 0.6) is 0 Å². The lowest BCUT2D eigenvalue weighted by Gasteiger charge is -2.36. The van der Waals surface area contributed by atoms with Gasteiger partial charge < -0.3 is 15.4 Å². The Morgan fingerprint density at radius 1 is 1.27 bits per heavy atom. The minimum atomic E-state index is 0.255. The summed E-state index contributed by atoms with van der Waals surface area (Å²) in [5, 5.41) is 1.51. The van der Waals surface area contributed by atoms with Gasteiger partial charge in [-0.25, -0.2) is 0 Å². The van der Waals surface area contributed by atoms with E-state index in [2.05, 4.69) is 30.5 Å². The molecule has 0 bridgehead atoms. The summed E-state index contributed by atoms with van der Waals surface area (Å²) in [6, 6.07) is 0.255. The maximum atomic E-state index is 6.01. The Hall–Kier alpha value is 0.230. The number of thioether (sulfide) groups is 1. The third kappa shape index (κ3) is 3.09. The normalized spacial score (nSPS) is 43.4. The van der Waals surface area contributed by atoms with Gasteiger partial charge in [0.25, 0.3) is 0 Å². The van der Waals surface area contributed by atoms with Crippen molar-refractivity contribution in [1.29, 1.82) is 0 Å². The van der Waals surface area contributed by atoms with Gasteiger partial charge in [0.1, 0.15) is 0 Å². The Labute approximate surface area is 96.7 Å². The van der Waals surface area contributed by atoms with Gasteiger partial charge >= 0.3 is 0 Å². The van der Waals surface area contributed by atoms with E-state index in [4.69, 9.17) is 10.5 Å². The fourth-order valence-corrected chi connectivity index (χ4v) is 3.96. The summed E-state index contributed by atoms with van der Waals surface area (Å²) < 4.78 is 5.41. The zero-order chi connectivity index (χ0) is 10.8. The van der Waals surface area contributed by atoms with Gasteiger partial charge in [0.05, 0.1) is 13.2 Å². The van der Waals surface area contributed by atoms with Crippen molar-refractivity contribution in [2.45, 2.75) is 30.4 Å². The van der Waals surface area contributed by atoms with Crippen LogP contribution in [-0.2, 0) is 4.74 Å². The highest BCUT2D eigenvalue weighted by molar-refractivity contribution is 8.00. The molecule has 2 saturated heterocycles. The third-order valence-corrected chi connectivity index (χ3v) is 4.46. The molecule has 0 aromatic carbocycles. The molecule has 88 valence electrons. The minimum absolute atomic E-state index is 0.255. The Bertz CT molecular complexity index is 205. The summed E-state index contributed by atoms with van der Waals surface area (Å²) in [5.41, 5.74) is 6.01. The van der Waals surface area contributed by atoms with E-state index in [-0.39, 0.29) is 6.04 Å². The molecule has 2 fully saturated rings. The molecule has 0 amide bonds. The Morgan fingerprint density at radius 3 is 2.47 bits per heavy atom. The SMILES string of the molecule is CC1CN(CC2COCC2N)CC(C)S1. The topological polar surface area (TPSA) is 38.5 Å². The Morgan fingerprint density at radius 2 is 1.93 bits per heavy atom. The van der Waals surface area contributed by atoms with Crippen molar-refractivity contribution in [1.82, 2.24) is 4.90 Å². The number of hydrogen-bond donors (Lipinski definition) is 1. The van der Waals surface area contributed by atoms with Gasteiger partial charge in [-0.3, -0.25) is 0 Å². The zero-order valence-corrected chi connectivity index (χ0v) is 10.5. The van der Waals surface area contributed by atoms with Crippen LogP contribution < -0.4 is 5.73 Å². The van der Waals surface area contributed by atoms with Gasteiger partial charge in [0.15, 0.2) is 0 Å². The van der Waals surface area contributed by atoms with Gasteiger partial charge in [-0.1, -0.05) is 13.8 Å². The summed E-state index contributed by atoms with van der Waals surface area (Å²) in [6.07, 6.45) is 0. The van der Waals surface area contributed by atoms with E-state index in [9.17, 15) is 0 Å². The number of nitrogens with zero attached hydrogens (tertiary/aromatic N) is 1. The molecule has 4 unspecified atom stereocenters. The largest absolute Gasteiger partial charge is 0.379 e. The second kappa shape index (κ2) is 5.04. The number of ether oxygens (including phenoxy) is 1. The first-order valence-electron chi connectivity index (χ1n) is 5.86. The van der Waals surface area contributed by atoms with Crippen molar-refractivity contribution in [2.75, 3.05) is 32.8 Å². The van der Waals surface area contributed by atoms with Gasteiger partial charge in [-0.05, 0) is 0 Å². The van der Waals surface area contributed by atoms with E-state index < -0.39 is 0 Å². The molecule has 3 nitrogen and oxygen atoms in total. The average Bonchev–Trinajstić information content (AvgIpc) is 2.50.